The van der Waals surface area contributed by atoms with E-state index in [1.54, 1.807) is 4.90 Å². The van der Waals surface area contributed by atoms with Gasteiger partial charge in [-0.1, -0.05) is 12.1 Å². The number of carbonyl (C=O) groups is 4. The molecule has 1 atom stereocenters. The Morgan fingerprint density at radius 1 is 0.973 bits per heavy atom. The molecule has 1 unspecified atom stereocenters. The van der Waals surface area contributed by atoms with E-state index in [1.807, 2.05) is 45.0 Å². The number of hydrogen-bond donors (Lipinski definition) is 2. The Morgan fingerprint density at radius 2 is 1.65 bits per heavy atom. The van der Waals surface area contributed by atoms with Crippen LogP contribution in [0.3, 0.4) is 0 Å². The number of nitrogens with one attached hydrogen (secondary N) is 1. The summed E-state index contributed by atoms with van der Waals surface area (Å²) in [7, 11) is 0. The van der Waals surface area contributed by atoms with E-state index in [9.17, 15) is 19.2 Å². The molecule has 4 rings (SSSR count). The fourth-order valence-electron chi connectivity index (χ4n) is 4.58. The Morgan fingerprint density at radius 3 is 2.22 bits per heavy atom. The van der Waals surface area contributed by atoms with Crippen molar-refractivity contribution >= 4 is 24.0 Å². The van der Waals surface area contributed by atoms with Crippen LogP contribution in [-0.2, 0) is 14.3 Å². The number of amides is 4. The molecule has 4 amide bonds. The number of piperidine rings is 3. The lowest BCUT2D eigenvalue weighted by Gasteiger charge is -2.33. The minimum atomic E-state index is -0.769. The summed E-state index contributed by atoms with van der Waals surface area (Å²) in [6.07, 6.45) is 4.52. The van der Waals surface area contributed by atoms with E-state index in [-0.39, 0.29) is 29.9 Å². The largest absolute Gasteiger partial charge is 0.490 e. The molecular formula is C27H39N3O7. The van der Waals surface area contributed by atoms with Crippen molar-refractivity contribution in [1.29, 1.82) is 0 Å². The lowest BCUT2D eigenvalue weighted by molar-refractivity contribution is -0.134. The van der Waals surface area contributed by atoms with E-state index in [4.69, 9.17) is 14.6 Å². The normalized spacial score (nSPS) is 20.9. The summed E-state index contributed by atoms with van der Waals surface area (Å²) in [6, 6.07) is 7.50. The Hall–Kier alpha value is -3.30. The lowest BCUT2D eigenvalue weighted by Crippen LogP contribution is -2.44. The maximum atomic E-state index is 12.2. The van der Waals surface area contributed by atoms with Crippen LogP contribution in [0.15, 0.2) is 24.3 Å². The molecule has 37 heavy (non-hydrogen) atoms. The van der Waals surface area contributed by atoms with Gasteiger partial charge in [0.1, 0.15) is 17.5 Å². The zero-order valence-electron chi connectivity index (χ0n) is 22.0. The zero-order valence-corrected chi connectivity index (χ0v) is 22.0. The molecule has 2 N–H and O–H groups in total. The van der Waals surface area contributed by atoms with E-state index >= 15 is 0 Å². The predicted octanol–water partition coefficient (Wildman–Crippen LogP) is 4.14. The lowest BCUT2D eigenvalue weighted by atomic mass is 9.90. The van der Waals surface area contributed by atoms with Crippen molar-refractivity contribution in [3.8, 4) is 5.75 Å². The van der Waals surface area contributed by atoms with Crippen LogP contribution in [-0.4, -0.2) is 76.8 Å². The van der Waals surface area contributed by atoms with Crippen LogP contribution in [0.5, 0.6) is 5.75 Å². The van der Waals surface area contributed by atoms with Crippen molar-refractivity contribution in [3.05, 3.63) is 29.8 Å². The first kappa shape index (κ1) is 28.3. The highest BCUT2D eigenvalue weighted by Crippen LogP contribution is 2.29. The van der Waals surface area contributed by atoms with Gasteiger partial charge < -0.3 is 24.4 Å². The van der Waals surface area contributed by atoms with Crippen LogP contribution in [0.2, 0.25) is 0 Å². The van der Waals surface area contributed by atoms with Gasteiger partial charge in [0, 0.05) is 45.4 Å². The standard InChI is InChI=1S/C21H28N2O5.C6H11NO2/c1-21(2,3)28-20(26)23-11-9-15(10-12-23)27-16-6-4-5-14(13-16)17-7-8-18(24)22-19(17)25;8-6(9)7-4-2-1-3-5-7/h4-6,13,15,17H,7-12H2,1-3H3,(H,22,24,25);1-5H2,(H,8,9). The average molecular weight is 518 g/mol. The number of rotatable bonds is 3. The molecule has 3 saturated heterocycles. The SMILES string of the molecule is CC(C)(C)OC(=O)N1CCC(Oc2cccc(C3CCC(=O)NC3=O)c2)CC1.O=C(O)N1CCCCC1. The molecule has 0 saturated carbocycles. The van der Waals surface area contributed by atoms with Crippen molar-refractivity contribution in [3.63, 3.8) is 0 Å². The summed E-state index contributed by atoms with van der Waals surface area (Å²) in [5.74, 6) is -0.0855. The van der Waals surface area contributed by atoms with E-state index in [0.29, 0.717) is 31.7 Å². The number of nitrogens with zero attached hydrogens (tertiary/aromatic N) is 2. The Bertz CT molecular complexity index is 961. The monoisotopic (exact) mass is 517 g/mol. The van der Waals surface area contributed by atoms with Crippen LogP contribution in [0.25, 0.3) is 0 Å². The third-order valence-electron chi connectivity index (χ3n) is 6.52. The molecule has 0 aromatic heterocycles. The molecule has 0 spiro atoms. The highest BCUT2D eigenvalue weighted by atomic mass is 16.6. The fourth-order valence-corrected chi connectivity index (χ4v) is 4.58. The molecule has 10 nitrogen and oxygen atoms in total. The third kappa shape index (κ3) is 8.94. The summed E-state index contributed by atoms with van der Waals surface area (Å²) in [5, 5.41) is 10.9. The summed E-state index contributed by atoms with van der Waals surface area (Å²) < 4.78 is 11.5. The van der Waals surface area contributed by atoms with Gasteiger partial charge in [0.05, 0.1) is 5.92 Å². The summed E-state index contributed by atoms with van der Waals surface area (Å²) >= 11 is 0. The van der Waals surface area contributed by atoms with Crippen molar-refractivity contribution in [1.82, 2.24) is 15.1 Å². The second-order valence-corrected chi connectivity index (χ2v) is 10.7. The highest BCUT2D eigenvalue weighted by Gasteiger charge is 2.30. The third-order valence-corrected chi connectivity index (χ3v) is 6.52. The Kier molecular flexibility index (Phi) is 9.77. The summed E-state index contributed by atoms with van der Waals surface area (Å²) in [4.78, 5) is 49.0. The Balaban J connectivity index is 0.000000356. The molecular weight excluding hydrogens is 478 g/mol. The number of ether oxygens (including phenoxy) is 2. The van der Waals surface area contributed by atoms with E-state index in [2.05, 4.69) is 5.32 Å². The van der Waals surface area contributed by atoms with Crippen molar-refractivity contribution in [2.45, 2.75) is 83.3 Å². The van der Waals surface area contributed by atoms with Crippen LogP contribution >= 0.6 is 0 Å². The van der Waals surface area contributed by atoms with Crippen molar-refractivity contribution < 1.29 is 33.8 Å². The number of benzene rings is 1. The molecule has 10 heteroatoms. The van der Waals surface area contributed by atoms with Crippen LogP contribution in [0.1, 0.15) is 77.2 Å². The number of likely N-dealkylation sites (tertiary alicyclic amines) is 2. The summed E-state index contributed by atoms with van der Waals surface area (Å²) in [6.45, 7) is 8.21. The molecule has 1 aromatic carbocycles. The number of hydrogen-bond acceptors (Lipinski definition) is 6. The van der Waals surface area contributed by atoms with Gasteiger partial charge in [-0.15, -0.1) is 0 Å². The van der Waals surface area contributed by atoms with Crippen LogP contribution in [0, 0.1) is 0 Å². The minimum absolute atomic E-state index is 0.00990. The number of carboxylic acid groups (broad SMARTS) is 1. The average Bonchev–Trinajstić information content (AvgIpc) is 2.84. The summed E-state index contributed by atoms with van der Waals surface area (Å²) in [5.41, 5.74) is 0.356. The van der Waals surface area contributed by atoms with E-state index < -0.39 is 11.7 Å². The molecule has 204 valence electrons. The molecule has 3 aliphatic rings. The molecule has 3 fully saturated rings. The van der Waals surface area contributed by atoms with Gasteiger partial charge in [-0.2, -0.15) is 0 Å². The number of imide groups is 1. The van der Waals surface area contributed by atoms with Crippen LogP contribution in [0.4, 0.5) is 9.59 Å². The molecule has 1 aromatic rings. The maximum absolute atomic E-state index is 12.2. The maximum Gasteiger partial charge on any atom is 0.410 e. The quantitative estimate of drug-likeness (QED) is 0.577. The number of carbonyl (C=O) groups excluding carboxylic acids is 3. The first-order chi connectivity index (χ1) is 17.5. The zero-order chi connectivity index (χ0) is 27.0. The van der Waals surface area contributed by atoms with Crippen LogP contribution < -0.4 is 10.1 Å². The minimum Gasteiger partial charge on any atom is -0.490 e. The smallest absolute Gasteiger partial charge is 0.410 e. The second-order valence-electron chi connectivity index (χ2n) is 10.7. The first-order valence-corrected chi connectivity index (χ1v) is 13.1. The van der Waals surface area contributed by atoms with Crippen molar-refractivity contribution in [2.24, 2.45) is 0 Å². The molecule has 3 heterocycles. The molecule has 0 bridgehead atoms. The first-order valence-electron chi connectivity index (χ1n) is 13.1. The molecule has 0 aliphatic carbocycles. The van der Waals surface area contributed by atoms with Crippen molar-refractivity contribution in [2.75, 3.05) is 26.2 Å². The second kappa shape index (κ2) is 12.8. The fraction of sp³-hybridized carbons (Fsp3) is 0.630. The van der Waals surface area contributed by atoms with E-state index in [1.165, 1.54) is 11.3 Å². The van der Waals surface area contributed by atoms with Gasteiger partial charge >= 0.3 is 12.2 Å². The van der Waals surface area contributed by atoms with E-state index in [0.717, 1.165) is 44.3 Å². The molecule has 3 aliphatic heterocycles. The highest BCUT2D eigenvalue weighted by molar-refractivity contribution is 6.00. The van der Waals surface area contributed by atoms with Gasteiger partial charge in [-0.3, -0.25) is 14.9 Å². The van der Waals surface area contributed by atoms with Gasteiger partial charge in [0.15, 0.2) is 0 Å². The predicted molar refractivity (Wildman–Crippen MR) is 136 cm³/mol. The molecule has 0 radical (unpaired) electrons. The van der Waals surface area contributed by atoms with Gasteiger partial charge in [-0.25, -0.2) is 9.59 Å². The Labute approximate surface area is 218 Å². The van der Waals surface area contributed by atoms with Gasteiger partial charge in [0.25, 0.3) is 0 Å². The van der Waals surface area contributed by atoms with Gasteiger partial charge in [0.2, 0.25) is 11.8 Å². The topological polar surface area (TPSA) is 125 Å². The van der Waals surface area contributed by atoms with Gasteiger partial charge in [-0.05, 0) is 64.2 Å².